The molecule has 0 spiro atoms. The fourth-order valence-corrected chi connectivity index (χ4v) is 3.52. The number of nitrogens with two attached hydrogens (primary N) is 1. The predicted octanol–water partition coefficient (Wildman–Crippen LogP) is 1.53. The van der Waals surface area contributed by atoms with Crippen LogP contribution < -0.4 is 11.1 Å². The van der Waals surface area contributed by atoms with Crippen LogP contribution in [-0.4, -0.2) is 62.5 Å². The quantitative estimate of drug-likeness (QED) is 0.625. The third-order valence-corrected chi connectivity index (χ3v) is 5.15. The van der Waals surface area contributed by atoms with Crippen molar-refractivity contribution < 1.29 is 9.47 Å². The van der Waals surface area contributed by atoms with Gasteiger partial charge in [-0.15, -0.1) is 0 Å². The Kier molecular flexibility index (Phi) is 6.29. The van der Waals surface area contributed by atoms with E-state index in [-0.39, 0.29) is 11.6 Å². The van der Waals surface area contributed by atoms with E-state index in [0.29, 0.717) is 12.5 Å². The smallest absolute Gasteiger partial charge is 0.191 e. The number of nitrogens with one attached hydrogen (secondary N) is 1. The topological polar surface area (TPSA) is 72.1 Å². The largest absolute Gasteiger partial charge is 0.381 e. The minimum Gasteiger partial charge on any atom is -0.381 e. The second kappa shape index (κ2) is 8.65. The van der Waals surface area contributed by atoms with Gasteiger partial charge in [0.2, 0.25) is 0 Å². The highest BCUT2D eigenvalue weighted by Crippen LogP contribution is 2.26. The SMILES string of the molecule is CC(NC1(CN=C(N)N2CCOCC2)CCOCC1)c1ccccc1. The van der Waals surface area contributed by atoms with Crippen LogP contribution in [0.4, 0.5) is 0 Å². The van der Waals surface area contributed by atoms with E-state index in [9.17, 15) is 0 Å². The molecule has 0 bridgehead atoms. The van der Waals surface area contributed by atoms with E-state index in [2.05, 4.69) is 41.4 Å². The standard InChI is InChI=1S/C19H30N4O2/c1-16(17-5-3-2-4-6-17)22-19(7-11-24-12-8-19)15-21-18(20)23-9-13-25-14-10-23/h2-6,16,22H,7-15H2,1H3,(H2,20,21). The van der Waals surface area contributed by atoms with Gasteiger partial charge in [0.25, 0.3) is 0 Å². The van der Waals surface area contributed by atoms with Crippen LogP contribution in [0, 0.1) is 0 Å². The van der Waals surface area contributed by atoms with Crippen molar-refractivity contribution in [2.75, 3.05) is 46.1 Å². The molecule has 6 nitrogen and oxygen atoms in total. The molecule has 6 heteroatoms. The average Bonchev–Trinajstić information content (AvgIpc) is 2.68. The number of hydrogen-bond acceptors (Lipinski definition) is 4. The molecule has 25 heavy (non-hydrogen) atoms. The first-order valence-electron chi connectivity index (χ1n) is 9.22. The summed E-state index contributed by atoms with van der Waals surface area (Å²) in [4.78, 5) is 6.85. The molecule has 3 rings (SSSR count). The number of rotatable bonds is 5. The zero-order valence-electron chi connectivity index (χ0n) is 15.1. The van der Waals surface area contributed by atoms with Crippen molar-refractivity contribution in [2.45, 2.75) is 31.3 Å². The lowest BCUT2D eigenvalue weighted by molar-refractivity contribution is 0.0371. The van der Waals surface area contributed by atoms with Crippen molar-refractivity contribution in [3.8, 4) is 0 Å². The molecule has 3 N–H and O–H groups in total. The third kappa shape index (κ3) is 4.93. The Morgan fingerprint density at radius 1 is 1.16 bits per heavy atom. The number of aliphatic imine (C=N–C) groups is 1. The van der Waals surface area contributed by atoms with Gasteiger partial charge in [-0.05, 0) is 25.3 Å². The normalized spacial score (nSPS) is 22.6. The minimum absolute atomic E-state index is 0.0651. The highest BCUT2D eigenvalue weighted by Gasteiger charge is 2.34. The monoisotopic (exact) mass is 346 g/mol. The van der Waals surface area contributed by atoms with Crippen LogP contribution in [0.1, 0.15) is 31.4 Å². The van der Waals surface area contributed by atoms with Gasteiger partial charge in [0.1, 0.15) is 0 Å². The zero-order chi connectivity index (χ0) is 17.5. The van der Waals surface area contributed by atoms with Crippen molar-refractivity contribution in [3.63, 3.8) is 0 Å². The molecule has 0 radical (unpaired) electrons. The maximum Gasteiger partial charge on any atom is 0.191 e. The summed E-state index contributed by atoms with van der Waals surface area (Å²) in [5.74, 6) is 0.628. The lowest BCUT2D eigenvalue weighted by Crippen LogP contribution is -2.53. The van der Waals surface area contributed by atoms with Crippen molar-refractivity contribution in [3.05, 3.63) is 35.9 Å². The molecular weight excluding hydrogens is 316 g/mol. The van der Waals surface area contributed by atoms with Gasteiger partial charge in [0.05, 0.1) is 19.8 Å². The van der Waals surface area contributed by atoms with E-state index in [0.717, 1.165) is 52.4 Å². The molecule has 2 saturated heterocycles. The van der Waals surface area contributed by atoms with Crippen LogP contribution in [0.2, 0.25) is 0 Å². The third-order valence-electron chi connectivity index (χ3n) is 5.15. The van der Waals surface area contributed by atoms with Crippen LogP contribution in [0.5, 0.6) is 0 Å². The van der Waals surface area contributed by atoms with Gasteiger partial charge in [-0.25, -0.2) is 0 Å². The van der Waals surface area contributed by atoms with E-state index < -0.39 is 0 Å². The van der Waals surface area contributed by atoms with Crippen molar-refractivity contribution in [1.29, 1.82) is 0 Å². The highest BCUT2D eigenvalue weighted by molar-refractivity contribution is 5.78. The summed E-state index contributed by atoms with van der Waals surface area (Å²) in [6.07, 6.45) is 1.90. The van der Waals surface area contributed by atoms with Crippen LogP contribution in [0.3, 0.4) is 0 Å². The van der Waals surface area contributed by atoms with Gasteiger partial charge in [0.15, 0.2) is 5.96 Å². The molecule has 2 heterocycles. The van der Waals surface area contributed by atoms with E-state index in [1.807, 2.05) is 6.07 Å². The van der Waals surface area contributed by atoms with Crippen LogP contribution in [0.15, 0.2) is 35.3 Å². The minimum atomic E-state index is -0.0651. The molecule has 1 aromatic rings. The van der Waals surface area contributed by atoms with Gasteiger partial charge in [0, 0.05) is 37.9 Å². The van der Waals surface area contributed by atoms with E-state index >= 15 is 0 Å². The van der Waals surface area contributed by atoms with Crippen molar-refractivity contribution in [1.82, 2.24) is 10.2 Å². The summed E-state index contributed by atoms with van der Waals surface area (Å²) < 4.78 is 11.0. The fraction of sp³-hybridized carbons (Fsp3) is 0.632. The van der Waals surface area contributed by atoms with Gasteiger partial charge in [-0.1, -0.05) is 30.3 Å². The second-order valence-electron chi connectivity index (χ2n) is 6.94. The lowest BCUT2D eigenvalue weighted by atomic mass is 9.88. The molecule has 0 amide bonds. The summed E-state index contributed by atoms with van der Waals surface area (Å²) in [7, 11) is 0. The number of morpholine rings is 1. The van der Waals surface area contributed by atoms with Gasteiger partial charge >= 0.3 is 0 Å². The molecule has 1 unspecified atom stereocenters. The number of ether oxygens (including phenoxy) is 2. The molecule has 2 aliphatic rings. The zero-order valence-corrected chi connectivity index (χ0v) is 15.1. The Morgan fingerprint density at radius 3 is 2.48 bits per heavy atom. The summed E-state index contributed by atoms with van der Waals surface area (Å²) in [6, 6.07) is 10.8. The molecule has 2 fully saturated rings. The Bertz CT molecular complexity index is 552. The summed E-state index contributed by atoms with van der Waals surface area (Å²) in [5.41, 5.74) is 7.45. The average molecular weight is 346 g/mol. The number of hydrogen-bond donors (Lipinski definition) is 2. The predicted molar refractivity (Wildman–Crippen MR) is 99.7 cm³/mol. The molecule has 1 aromatic carbocycles. The molecular formula is C19H30N4O2. The van der Waals surface area contributed by atoms with Gasteiger partial charge in [-0.3, -0.25) is 4.99 Å². The molecule has 1 atom stereocenters. The number of guanidine groups is 1. The molecule has 0 aromatic heterocycles. The van der Waals surface area contributed by atoms with E-state index in [4.69, 9.17) is 20.2 Å². The second-order valence-corrected chi connectivity index (χ2v) is 6.94. The maximum absolute atomic E-state index is 6.23. The van der Waals surface area contributed by atoms with Crippen molar-refractivity contribution >= 4 is 5.96 Å². The number of nitrogens with zero attached hydrogens (tertiary/aromatic N) is 2. The Hall–Kier alpha value is -1.63. The first-order chi connectivity index (χ1) is 12.2. The first-order valence-corrected chi connectivity index (χ1v) is 9.22. The highest BCUT2D eigenvalue weighted by atomic mass is 16.5. The molecule has 2 aliphatic heterocycles. The Morgan fingerprint density at radius 2 is 1.80 bits per heavy atom. The van der Waals surface area contributed by atoms with Gasteiger partial charge in [-0.2, -0.15) is 0 Å². The lowest BCUT2D eigenvalue weighted by Gasteiger charge is -2.40. The first kappa shape index (κ1) is 18.2. The van der Waals surface area contributed by atoms with E-state index in [1.54, 1.807) is 0 Å². The van der Waals surface area contributed by atoms with Crippen LogP contribution >= 0.6 is 0 Å². The summed E-state index contributed by atoms with van der Waals surface area (Å²) in [6.45, 7) is 7.50. The van der Waals surface area contributed by atoms with Crippen LogP contribution in [0.25, 0.3) is 0 Å². The summed E-state index contributed by atoms with van der Waals surface area (Å²) in [5, 5.41) is 3.82. The van der Waals surface area contributed by atoms with Crippen molar-refractivity contribution in [2.24, 2.45) is 10.7 Å². The Labute approximate surface area is 150 Å². The molecule has 138 valence electrons. The Balaban J connectivity index is 1.67. The summed E-state index contributed by atoms with van der Waals surface area (Å²) >= 11 is 0. The maximum atomic E-state index is 6.23. The number of benzene rings is 1. The molecule has 0 aliphatic carbocycles. The van der Waals surface area contributed by atoms with Crippen LogP contribution in [-0.2, 0) is 9.47 Å². The molecule has 0 saturated carbocycles. The van der Waals surface area contributed by atoms with E-state index in [1.165, 1.54) is 5.56 Å². The van der Waals surface area contributed by atoms with Gasteiger partial charge < -0.3 is 25.4 Å². The fourth-order valence-electron chi connectivity index (χ4n) is 3.52.